The quantitative estimate of drug-likeness (QED) is 0.195. The molecular formula is C28H28N4O5S. The van der Waals surface area contributed by atoms with Gasteiger partial charge in [0.1, 0.15) is 29.7 Å². The molecule has 0 aliphatic carbocycles. The second-order valence-corrected chi connectivity index (χ2v) is 9.27. The third-order valence-corrected chi connectivity index (χ3v) is 6.59. The molecule has 196 valence electrons. The van der Waals surface area contributed by atoms with Gasteiger partial charge in [0, 0.05) is 28.6 Å². The third-order valence-electron chi connectivity index (χ3n) is 5.84. The van der Waals surface area contributed by atoms with Crippen LogP contribution < -0.4 is 10.6 Å². The highest BCUT2D eigenvalue weighted by molar-refractivity contribution is 7.98. The number of amides is 1. The summed E-state index contributed by atoms with van der Waals surface area (Å²) in [5.74, 6) is -1.47. The average Bonchev–Trinajstić information content (AvgIpc) is 3.30. The number of esters is 1. The zero-order valence-corrected chi connectivity index (χ0v) is 21.8. The van der Waals surface area contributed by atoms with Crippen LogP contribution >= 0.6 is 11.8 Å². The molecule has 0 aliphatic rings. The molecule has 10 heteroatoms. The van der Waals surface area contributed by atoms with Crippen LogP contribution in [0.5, 0.6) is 0 Å². The van der Waals surface area contributed by atoms with E-state index in [9.17, 15) is 19.5 Å². The fourth-order valence-corrected chi connectivity index (χ4v) is 4.37. The van der Waals surface area contributed by atoms with Gasteiger partial charge in [-0.2, -0.15) is 0 Å². The number of carboxylic acids is 1. The number of ether oxygens (including phenoxy) is 1. The van der Waals surface area contributed by atoms with Crippen LogP contribution in [0, 0.1) is 0 Å². The Balaban J connectivity index is 1.64. The van der Waals surface area contributed by atoms with Crippen molar-refractivity contribution >= 4 is 41.1 Å². The van der Waals surface area contributed by atoms with Crippen molar-refractivity contribution in [3.8, 4) is 11.3 Å². The summed E-state index contributed by atoms with van der Waals surface area (Å²) in [5.41, 5.74) is 2.97. The summed E-state index contributed by atoms with van der Waals surface area (Å²) in [6.45, 7) is 1.96. The van der Waals surface area contributed by atoms with Gasteiger partial charge in [0.05, 0.1) is 6.61 Å². The number of pyridine rings is 1. The number of carbonyl (C=O) groups is 3. The summed E-state index contributed by atoms with van der Waals surface area (Å²) < 4.78 is 6.79. The Hall–Kier alpha value is -4.31. The molecule has 9 nitrogen and oxygen atoms in total. The normalized spacial score (nSPS) is 11.6. The van der Waals surface area contributed by atoms with Gasteiger partial charge >= 0.3 is 11.9 Å². The van der Waals surface area contributed by atoms with Crippen LogP contribution in [0.4, 0.5) is 5.82 Å². The number of hydrogen-bond donors (Lipinski definition) is 3. The van der Waals surface area contributed by atoms with Gasteiger partial charge < -0.3 is 20.5 Å². The van der Waals surface area contributed by atoms with E-state index in [1.165, 1.54) is 0 Å². The molecule has 3 N–H and O–H groups in total. The molecule has 4 aromatic rings. The minimum absolute atomic E-state index is 0.0560. The predicted octanol–water partition coefficient (Wildman–Crippen LogP) is 4.12. The maximum absolute atomic E-state index is 13.0. The Morgan fingerprint density at radius 2 is 1.82 bits per heavy atom. The van der Waals surface area contributed by atoms with Crippen LogP contribution in [0.2, 0.25) is 0 Å². The predicted molar refractivity (Wildman–Crippen MR) is 147 cm³/mol. The lowest BCUT2D eigenvalue weighted by Gasteiger charge is -2.15. The lowest BCUT2D eigenvalue weighted by atomic mass is 10.1. The Bertz CT molecular complexity index is 1440. The molecule has 2 heterocycles. The van der Waals surface area contributed by atoms with Gasteiger partial charge in [-0.25, -0.2) is 9.78 Å². The molecule has 0 radical (unpaired) electrons. The van der Waals surface area contributed by atoms with Crippen LogP contribution in [-0.4, -0.2) is 57.8 Å². The van der Waals surface area contributed by atoms with Crippen molar-refractivity contribution in [3.63, 3.8) is 0 Å². The number of anilines is 1. The van der Waals surface area contributed by atoms with E-state index in [1.54, 1.807) is 41.4 Å². The molecule has 2 aromatic heterocycles. The van der Waals surface area contributed by atoms with Crippen molar-refractivity contribution in [2.75, 3.05) is 24.7 Å². The number of hydrogen-bond acceptors (Lipinski definition) is 7. The van der Waals surface area contributed by atoms with E-state index in [0.29, 0.717) is 17.2 Å². The second kappa shape index (κ2) is 12.3. The van der Waals surface area contributed by atoms with E-state index in [4.69, 9.17) is 9.72 Å². The zero-order valence-electron chi connectivity index (χ0n) is 21.0. The summed E-state index contributed by atoms with van der Waals surface area (Å²) in [7, 11) is 0. The van der Waals surface area contributed by atoms with Gasteiger partial charge in [0.25, 0.3) is 5.91 Å². The van der Waals surface area contributed by atoms with Crippen LogP contribution in [0.1, 0.15) is 22.8 Å². The van der Waals surface area contributed by atoms with E-state index in [1.807, 2.05) is 60.9 Å². The fourth-order valence-electron chi connectivity index (χ4n) is 3.96. The molecule has 0 bridgehead atoms. The van der Waals surface area contributed by atoms with Crippen molar-refractivity contribution in [3.05, 3.63) is 84.1 Å². The van der Waals surface area contributed by atoms with Gasteiger partial charge in [0.2, 0.25) is 0 Å². The standard InChI is InChI=1S/C28H28N4O5S/c1-3-37-24(33)17-29-26-25(19-9-11-21(38-2)12-10-19)31-23-16-20(13-14-32(23)26)27(34)30-22(28(35)36)15-18-7-5-4-6-8-18/h4-14,16,22,29H,3,15,17H2,1-2H3,(H,30,34)(H,35,36). The van der Waals surface area contributed by atoms with E-state index in [0.717, 1.165) is 16.0 Å². The second-order valence-electron chi connectivity index (χ2n) is 8.39. The Morgan fingerprint density at radius 3 is 2.47 bits per heavy atom. The smallest absolute Gasteiger partial charge is 0.326 e. The van der Waals surface area contributed by atoms with Crippen molar-refractivity contribution in [2.45, 2.75) is 24.3 Å². The number of imidazole rings is 1. The highest BCUT2D eigenvalue weighted by atomic mass is 32.2. The third kappa shape index (κ3) is 6.33. The van der Waals surface area contributed by atoms with Crippen LogP contribution in [-0.2, 0) is 20.7 Å². The topological polar surface area (TPSA) is 122 Å². The van der Waals surface area contributed by atoms with Crippen molar-refractivity contribution in [1.82, 2.24) is 14.7 Å². The number of carbonyl (C=O) groups excluding carboxylic acids is 2. The largest absolute Gasteiger partial charge is 0.480 e. The number of rotatable bonds is 11. The lowest BCUT2D eigenvalue weighted by molar-refractivity contribution is -0.141. The molecule has 1 atom stereocenters. The van der Waals surface area contributed by atoms with Gasteiger partial charge in [-0.15, -0.1) is 11.8 Å². The maximum atomic E-state index is 13.0. The maximum Gasteiger partial charge on any atom is 0.326 e. The summed E-state index contributed by atoms with van der Waals surface area (Å²) in [4.78, 5) is 42.7. The van der Waals surface area contributed by atoms with E-state index in [-0.39, 0.29) is 25.1 Å². The van der Waals surface area contributed by atoms with E-state index in [2.05, 4.69) is 10.6 Å². The Morgan fingerprint density at radius 1 is 1.08 bits per heavy atom. The number of nitrogens with zero attached hydrogens (tertiary/aromatic N) is 2. The first kappa shape index (κ1) is 26.7. The molecule has 38 heavy (non-hydrogen) atoms. The highest BCUT2D eigenvalue weighted by Gasteiger charge is 2.22. The van der Waals surface area contributed by atoms with E-state index >= 15 is 0 Å². The Labute approximate surface area is 224 Å². The fraction of sp³-hybridized carbons (Fsp3) is 0.214. The zero-order chi connectivity index (χ0) is 27.1. The lowest BCUT2D eigenvalue weighted by Crippen LogP contribution is -2.42. The minimum Gasteiger partial charge on any atom is -0.480 e. The van der Waals surface area contributed by atoms with Crippen molar-refractivity contribution < 1.29 is 24.2 Å². The van der Waals surface area contributed by atoms with Crippen molar-refractivity contribution in [2.24, 2.45) is 0 Å². The molecule has 2 aromatic carbocycles. The molecule has 0 saturated carbocycles. The average molecular weight is 533 g/mol. The number of fused-ring (bicyclic) bond motifs is 1. The minimum atomic E-state index is -1.12. The number of thioether (sulfide) groups is 1. The molecule has 0 aliphatic heterocycles. The molecule has 0 fully saturated rings. The first-order valence-electron chi connectivity index (χ1n) is 12.0. The molecule has 1 amide bonds. The van der Waals surface area contributed by atoms with Gasteiger partial charge in [-0.05, 0) is 43.0 Å². The molecule has 1 unspecified atom stereocenters. The number of aromatic nitrogens is 2. The van der Waals surface area contributed by atoms with E-state index < -0.39 is 23.9 Å². The first-order valence-corrected chi connectivity index (χ1v) is 13.3. The molecule has 0 saturated heterocycles. The van der Waals surface area contributed by atoms with Gasteiger partial charge in [0.15, 0.2) is 0 Å². The SMILES string of the molecule is CCOC(=O)CNc1c(-c2ccc(SC)cc2)nc2cc(C(=O)NC(Cc3ccccc3)C(=O)O)ccn12. The van der Waals surface area contributed by atoms with Gasteiger partial charge in [-0.3, -0.25) is 14.0 Å². The van der Waals surface area contributed by atoms with Crippen LogP contribution in [0.25, 0.3) is 16.9 Å². The first-order chi connectivity index (χ1) is 18.4. The summed E-state index contributed by atoms with van der Waals surface area (Å²) >= 11 is 1.63. The number of benzene rings is 2. The molecule has 4 rings (SSSR count). The number of nitrogens with one attached hydrogen (secondary N) is 2. The summed E-state index contributed by atoms with van der Waals surface area (Å²) in [6.07, 6.45) is 3.82. The summed E-state index contributed by atoms with van der Waals surface area (Å²) in [5, 5.41) is 15.4. The van der Waals surface area contributed by atoms with Crippen LogP contribution in [0.15, 0.2) is 77.8 Å². The highest BCUT2D eigenvalue weighted by Crippen LogP contribution is 2.30. The number of carboxylic acid groups (broad SMARTS) is 1. The number of aliphatic carboxylic acids is 1. The molecular weight excluding hydrogens is 504 g/mol. The Kier molecular flexibility index (Phi) is 8.65. The summed E-state index contributed by atoms with van der Waals surface area (Å²) in [6, 6.07) is 19.1. The molecule has 0 spiro atoms. The van der Waals surface area contributed by atoms with Crippen LogP contribution in [0.3, 0.4) is 0 Å². The van der Waals surface area contributed by atoms with Gasteiger partial charge in [-0.1, -0.05) is 42.5 Å². The van der Waals surface area contributed by atoms with Crippen molar-refractivity contribution in [1.29, 1.82) is 0 Å². The monoisotopic (exact) mass is 532 g/mol.